The van der Waals surface area contributed by atoms with Gasteiger partial charge in [-0.2, -0.15) is 0 Å². The number of carbonyl (C=O) groups excluding carboxylic acids is 2. The van der Waals surface area contributed by atoms with E-state index in [1.807, 2.05) is 68.4 Å². The van der Waals surface area contributed by atoms with Crippen LogP contribution >= 0.6 is 11.8 Å². The number of likely N-dealkylation sites (tertiary alicyclic amines) is 1. The number of benzene rings is 2. The smallest absolute Gasteiger partial charge is 0.319 e. The number of hydrogen-bond acceptors (Lipinski definition) is 3. The van der Waals surface area contributed by atoms with Gasteiger partial charge in [0.2, 0.25) is 5.91 Å². The van der Waals surface area contributed by atoms with Crippen LogP contribution in [0.3, 0.4) is 0 Å². The van der Waals surface area contributed by atoms with Gasteiger partial charge in [0.25, 0.3) is 0 Å². The fourth-order valence-corrected chi connectivity index (χ4v) is 3.87. The van der Waals surface area contributed by atoms with E-state index >= 15 is 0 Å². The van der Waals surface area contributed by atoms with Gasteiger partial charge < -0.3 is 15.5 Å². The molecule has 5 nitrogen and oxygen atoms in total. The van der Waals surface area contributed by atoms with Crippen molar-refractivity contribution in [3.63, 3.8) is 0 Å². The van der Waals surface area contributed by atoms with Crippen molar-refractivity contribution in [1.29, 1.82) is 0 Å². The van der Waals surface area contributed by atoms with Gasteiger partial charge in [0.15, 0.2) is 0 Å². The zero-order valence-electron chi connectivity index (χ0n) is 14.9. The highest BCUT2D eigenvalue weighted by atomic mass is 32.2. The van der Waals surface area contributed by atoms with Crippen molar-refractivity contribution in [3.05, 3.63) is 54.6 Å². The molecule has 26 heavy (non-hydrogen) atoms. The van der Waals surface area contributed by atoms with Crippen LogP contribution in [0.5, 0.6) is 0 Å². The SMILES string of the molecule is CC(C)N1CC(NC(=O)Nc2ccccc2Sc2ccccc2)CC1=O. The average molecular weight is 369 g/mol. The number of nitrogens with one attached hydrogen (secondary N) is 2. The Balaban J connectivity index is 1.62. The van der Waals surface area contributed by atoms with Gasteiger partial charge in [-0.15, -0.1) is 0 Å². The Kier molecular flexibility index (Phi) is 5.83. The van der Waals surface area contributed by atoms with E-state index < -0.39 is 0 Å². The Morgan fingerprint density at radius 2 is 1.81 bits per heavy atom. The van der Waals surface area contributed by atoms with E-state index in [0.717, 1.165) is 15.5 Å². The number of nitrogens with zero attached hydrogens (tertiary/aromatic N) is 1. The summed E-state index contributed by atoms with van der Waals surface area (Å²) in [6.45, 7) is 4.53. The standard InChI is InChI=1S/C20H23N3O2S/c1-14(2)23-13-15(12-19(23)24)21-20(25)22-17-10-6-7-11-18(17)26-16-8-4-3-5-9-16/h3-11,14-15H,12-13H2,1-2H3,(H2,21,22,25). The monoisotopic (exact) mass is 369 g/mol. The molecule has 0 bridgehead atoms. The van der Waals surface area contributed by atoms with E-state index in [4.69, 9.17) is 0 Å². The molecule has 0 radical (unpaired) electrons. The summed E-state index contributed by atoms with van der Waals surface area (Å²) in [5.74, 6) is 0.0883. The first kappa shape index (κ1) is 18.3. The van der Waals surface area contributed by atoms with Crippen molar-refractivity contribution in [3.8, 4) is 0 Å². The second kappa shape index (κ2) is 8.27. The lowest BCUT2D eigenvalue weighted by Gasteiger charge is -2.21. The molecule has 1 heterocycles. The van der Waals surface area contributed by atoms with Gasteiger partial charge in [-0.1, -0.05) is 42.1 Å². The highest BCUT2D eigenvalue weighted by Gasteiger charge is 2.32. The number of amides is 3. The number of carbonyl (C=O) groups is 2. The maximum atomic E-state index is 12.4. The van der Waals surface area contributed by atoms with E-state index in [2.05, 4.69) is 10.6 Å². The van der Waals surface area contributed by atoms with Crippen LogP contribution in [0, 0.1) is 0 Å². The molecule has 2 N–H and O–H groups in total. The predicted octanol–water partition coefficient (Wildman–Crippen LogP) is 3.97. The highest BCUT2D eigenvalue weighted by Crippen LogP contribution is 2.33. The molecule has 0 spiro atoms. The minimum atomic E-state index is -0.283. The molecule has 1 aliphatic heterocycles. The third-order valence-electron chi connectivity index (χ3n) is 4.22. The van der Waals surface area contributed by atoms with Crippen LogP contribution < -0.4 is 10.6 Å². The van der Waals surface area contributed by atoms with Gasteiger partial charge in [0.1, 0.15) is 0 Å². The molecule has 0 aliphatic carbocycles. The van der Waals surface area contributed by atoms with Gasteiger partial charge in [-0.05, 0) is 38.1 Å². The molecule has 2 aromatic rings. The summed E-state index contributed by atoms with van der Waals surface area (Å²) in [4.78, 5) is 28.2. The second-order valence-corrected chi connectivity index (χ2v) is 7.67. The average Bonchev–Trinajstić information content (AvgIpc) is 2.98. The number of hydrogen-bond donors (Lipinski definition) is 2. The van der Waals surface area contributed by atoms with Crippen LogP contribution in [0.2, 0.25) is 0 Å². The van der Waals surface area contributed by atoms with E-state index in [1.165, 1.54) is 0 Å². The van der Waals surface area contributed by atoms with Crippen molar-refractivity contribution in [2.45, 2.75) is 42.1 Å². The zero-order chi connectivity index (χ0) is 18.5. The van der Waals surface area contributed by atoms with Crippen LogP contribution in [-0.4, -0.2) is 35.5 Å². The van der Waals surface area contributed by atoms with Crippen LogP contribution in [0.25, 0.3) is 0 Å². The first-order valence-electron chi connectivity index (χ1n) is 8.72. The summed E-state index contributed by atoms with van der Waals surface area (Å²) < 4.78 is 0. The lowest BCUT2D eigenvalue weighted by Crippen LogP contribution is -2.40. The highest BCUT2D eigenvalue weighted by molar-refractivity contribution is 7.99. The van der Waals surface area contributed by atoms with E-state index in [-0.39, 0.29) is 24.0 Å². The summed E-state index contributed by atoms with van der Waals surface area (Å²) in [5, 5.41) is 5.83. The summed E-state index contributed by atoms with van der Waals surface area (Å²) in [6.07, 6.45) is 0.353. The normalized spacial score (nSPS) is 16.8. The molecule has 0 saturated carbocycles. The van der Waals surface area contributed by atoms with Crippen LogP contribution in [0.15, 0.2) is 64.4 Å². The molecular formula is C20H23N3O2S. The molecule has 3 rings (SSSR count). The van der Waals surface area contributed by atoms with Crippen molar-refractivity contribution < 1.29 is 9.59 Å². The molecule has 1 fully saturated rings. The molecule has 1 atom stereocenters. The Morgan fingerprint density at radius 3 is 2.50 bits per heavy atom. The summed E-state index contributed by atoms with van der Waals surface area (Å²) in [5.41, 5.74) is 0.754. The number of anilines is 1. The largest absolute Gasteiger partial charge is 0.338 e. The molecule has 0 aromatic heterocycles. The third kappa shape index (κ3) is 4.58. The Hall–Kier alpha value is -2.47. The maximum Gasteiger partial charge on any atom is 0.319 e. The van der Waals surface area contributed by atoms with Gasteiger partial charge in [-0.3, -0.25) is 4.79 Å². The minimum absolute atomic E-state index is 0.0883. The number of urea groups is 1. The summed E-state index contributed by atoms with van der Waals surface area (Å²) >= 11 is 1.60. The first-order chi connectivity index (χ1) is 12.5. The molecular weight excluding hydrogens is 346 g/mol. The van der Waals surface area contributed by atoms with Crippen molar-refractivity contribution >= 4 is 29.4 Å². The van der Waals surface area contributed by atoms with Gasteiger partial charge in [0, 0.05) is 28.8 Å². The fraction of sp³-hybridized carbons (Fsp3) is 0.300. The third-order valence-corrected chi connectivity index (χ3v) is 5.31. The van der Waals surface area contributed by atoms with E-state index in [1.54, 1.807) is 16.7 Å². The molecule has 1 saturated heterocycles. The Morgan fingerprint density at radius 1 is 1.12 bits per heavy atom. The van der Waals surface area contributed by atoms with Crippen LogP contribution in [0.1, 0.15) is 20.3 Å². The molecule has 2 aromatic carbocycles. The van der Waals surface area contributed by atoms with E-state index in [9.17, 15) is 9.59 Å². The summed E-state index contributed by atoms with van der Waals surface area (Å²) in [6, 6.07) is 17.4. The zero-order valence-corrected chi connectivity index (χ0v) is 15.8. The molecule has 1 unspecified atom stereocenters. The van der Waals surface area contributed by atoms with Gasteiger partial charge in [-0.25, -0.2) is 4.79 Å². The minimum Gasteiger partial charge on any atom is -0.338 e. The molecule has 136 valence electrons. The number of para-hydroxylation sites is 1. The fourth-order valence-electron chi connectivity index (χ4n) is 2.95. The number of rotatable bonds is 5. The Labute approximate surface area is 158 Å². The van der Waals surface area contributed by atoms with E-state index in [0.29, 0.717) is 13.0 Å². The topological polar surface area (TPSA) is 61.4 Å². The Bertz CT molecular complexity index is 780. The van der Waals surface area contributed by atoms with Crippen LogP contribution in [0.4, 0.5) is 10.5 Å². The van der Waals surface area contributed by atoms with Gasteiger partial charge >= 0.3 is 6.03 Å². The molecule has 3 amide bonds. The molecule has 6 heteroatoms. The summed E-state index contributed by atoms with van der Waals surface area (Å²) in [7, 11) is 0. The van der Waals surface area contributed by atoms with Crippen molar-refractivity contribution in [1.82, 2.24) is 10.2 Å². The first-order valence-corrected chi connectivity index (χ1v) is 9.53. The molecule has 1 aliphatic rings. The van der Waals surface area contributed by atoms with Crippen molar-refractivity contribution in [2.24, 2.45) is 0 Å². The predicted molar refractivity (Wildman–Crippen MR) is 104 cm³/mol. The van der Waals surface area contributed by atoms with Crippen molar-refractivity contribution in [2.75, 3.05) is 11.9 Å². The quantitative estimate of drug-likeness (QED) is 0.838. The lowest BCUT2D eigenvalue weighted by molar-refractivity contribution is -0.129. The maximum absolute atomic E-state index is 12.4. The lowest BCUT2D eigenvalue weighted by atomic mass is 10.2. The van der Waals surface area contributed by atoms with Gasteiger partial charge in [0.05, 0.1) is 11.7 Å². The second-order valence-electron chi connectivity index (χ2n) is 6.55. The van der Waals surface area contributed by atoms with Crippen LogP contribution in [-0.2, 0) is 4.79 Å².